The SMILES string of the molecule is CNC(=O)CCNc1nc(Cl)ncc1F. The maximum absolute atomic E-state index is 13.0. The van der Waals surface area contributed by atoms with Gasteiger partial charge in [0.1, 0.15) is 0 Å². The highest BCUT2D eigenvalue weighted by Gasteiger charge is 2.05. The average Bonchev–Trinajstić information content (AvgIpc) is 2.23. The molecule has 0 spiro atoms. The van der Waals surface area contributed by atoms with Gasteiger partial charge in [-0.15, -0.1) is 0 Å². The number of anilines is 1. The molecule has 1 rings (SSSR count). The van der Waals surface area contributed by atoms with E-state index < -0.39 is 5.82 Å². The number of carbonyl (C=O) groups excluding carboxylic acids is 1. The van der Waals surface area contributed by atoms with Crippen molar-refractivity contribution in [1.29, 1.82) is 0 Å². The zero-order valence-corrected chi connectivity index (χ0v) is 8.81. The molecule has 1 aromatic rings. The normalized spacial score (nSPS) is 9.80. The fourth-order valence-electron chi connectivity index (χ4n) is 0.889. The standard InChI is InChI=1S/C8H10ClFN4O/c1-11-6(15)2-3-12-7-5(10)4-13-8(9)14-7/h4H,2-3H2,1H3,(H,11,15)(H,12,13,14). The van der Waals surface area contributed by atoms with Crippen LogP contribution in [0.25, 0.3) is 0 Å². The van der Waals surface area contributed by atoms with Crippen LogP contribution in [-0.4, -0.2) is 29.5 Å². The molecule has 1 heterocycles. The molecule has 15 heavy (non-hydrogen) atoms. The number of rotatable bonds is 4. The predicted octanol–water partition coefficient (Wildman–Crippen LogP) is 0.817. The summed E-state index contributed by atoms with van der Waals surface area (Å²) in [7, 11) is 1.53. The van der Waals surface area contributed by atoms with Crippen molar-refractivity contribution in [2.75, 3.05) is 18.9 Å². The smallest absolute Gasteiger partial charge is 0.224 e. The third-order valence-corrected chi connectivity index (χ3v) is 1.82. The summed E-state index contributed by atoms with van der Waals surface area (Å²) >= 11 is 5.48. The molecule has 0 fully saturated rings. The molecule has 0 aromatic carbocycles. The minimum Gasteiger partial charge on any atom is -0.367 e. The topological polar surface area (TPSA) is 66.9 Å². The summed E-state index contributed by atoms with van der Waals surface area (Å²) in [5.41, 5.74) is 0. The zero-order valence-electron chi connectivity index (χ0n) is 8.05. The number of hydrogen-bond acceptors (Lipinski definition) is 4. The first kappa shape index (κ1) is 11.6. The molecule has 7 heteroatoms. The maximum atomic E-state index is 13.0. The number of nitrogens with one attached hydrogen (secondary N) is 2. The number of aromatic nitrogens is 2. The number of amides is 1. The van der Waals surface area contributed by atoms with Gasteiger partial charge in [0.15, 0.2) is 11.6 Å². The van der Waals surface area contributed by atoms with E-state index in [1.807, 2.05) is 0 Å². The molecule has 1 amide bonds. The summed E-state index contributed by atoms with van der Waals surface area (Å²) in [6, 6.07) is 0. The van der Waals surface area contributed by atoms with Crippen LogP contribution < -0.4 is 10.6 Å². The maximum Gasteiger partial charge on any atom is 0.224 e. The highest BCUT2D eigenvalue weighted by molar-refractivity contribution is 6.28. The van der Waals surface area contributed by atoms with E-state index in [4.69, 9.17) is 11.6 Å². The molecular formula is C8H10ClFN4O. The van der Waals surface area contributed by atoms with Crippen LogP contribution >= 0.6 is 11.6 Å². The largest absolute Gasteiger partial charge is 0.367 e. The monoisotopic (exact) mass is 232 g/mol. The molecule has 0 aliphatic heterocycles. The fraction of sp³-hybridized carbons (Fsp3) is 0.375. The minimum atomic E-state index is -0.601. The fourth-order valence-corrected chi connectivity index (χ4v) is 1.02. The summed E-state index contributed by atoms with van der Waals surface area (Å²) < 4.78 is 13.0. The Morgan fingerprint density at radius 1 is 1.67 bits per heavy atom. The summed E-state index contributed by atoms with van der Waals surface area (Å²) in [6.07, 6.45) is 1.20. The molecule has 0 aliphatic rings. The van der Waals surface area contributed by atoms with E-state index in [0.29, 0.717) is 0 Å². The van der Waals surface area contributed by atoms with Gasteiger partial charge in [-0.2, -0.15) is 4.98 Å². The minimum absolute atomic E-state index is 0.00102. The first-order chi connectivity index (χ1) is 7.13. The highest BCUT2D eigenvalue weighted by Crippen LogP contribution is 2.11. The van der Waals surface area contributed by atoms with Crippen molar-refractivity contribution >= 4 is 23.3 Å². The quantitative estimate of drug-likeness (QED) is 0.755. The molecule has 2 N–H and O–H groups in total. The second-order valence-electron chi connectivity index (χ2n) is 2.69. The molecule has 0 saturated carbocycles. The van der Waals surface area contributed by atoms with Crippen molar-refractivity contribution in [1.82, 2.24) is 15.3 Å². The van der Waals surface area contributed by atoms with Gasteiger partial charge in [0.25, 0.3) is 0 Å². The van der Waals surface area contributed by atoms with Crippen molar-refractivity contribution in [2.24, 2.45) is 0 Å². The van der Waals surface area contributed by atoms with Crippen LogP contribution in [0.2, 0.25) is 5.28 Å². The molecule has 82 valence electrons. The van der Waals surface area contributed by atoms with Gasteiger partial charge in [0.2, 0.25) is 11.2 Å². The Bertz CT molecular complexity index is 360. The van der Waals surface area contributed by atoms with Gasteiger partial charge in [-0.3, -0.25) is 4.79 Å². The zero-order chi connectivity index (χ0) is 11.3. The van der Waals surface area contributed by atoms with Gasteiger partial charge >= 0.3 is 0 Å². The molecule has 1 aromatic heterocycles. The lowest BCUT2D eigenvalue weighted by atomic mass is 10.4. The van der Waals surface area contributed by atoms with Gasteiger partial charge < -0.3 is 10.6 Å². The lowest BCUT2D eigenvalue weighted by Crippen LogP contribution is -2.21. The number of carbonyl (C=O) groups is 1. The van der Waals surface area contributed by atoms with E-state index in [2.05, 4.69) is 20.6 Å². The first-order valence-electron chi connectivity index (χ1n) is 4.26. The molecule has 0 bridgehead atoms. The molecular weight excluding hydrogens is 223 g/mol. The van der Waals surface area contributed by atoms with Crippen LogP contribution in [-0.2, 0) is 4.79 Å². The van der Waals surface area contributed by atoms with E-state index >= 15 is 0 Å². The van der Waals surface area contributed by atoms with Crippen LogP contribution in [0.15, 0.2) is 6.20 Å². The van der Waals surface area contributed by atoms with Gasteiger partial charge in [-0.1, -0.05) is 0 Å². The molecule has 0 saturated heterocycles. The van der Waals surface area contributed by atoms with Crippen LogP contribution in [0.1, 0.15) is 6.42 Å². The van der Waals surface area contributed by atoms with Crippen molar-refractivity contribution in [3.8, 4) is 0 Å². The Labute approximate surface area is 91.1 Å². The number of hydrogen-bond donors (Lipinski definition) is 2. The molecule has 0 aliphatic carbocycles. The van der Waals surface area contributed by atoms with Crippen molar-refractivity contribution < 1.29 is 9.18 Å². The number of nitrogens with zero attached hydrogens (tertiary/aromatic N) is 2. The third kappa shape index (κ3) is 3.67. The second kappa shape index (κ2) is 5.45. The van der Waals surface area contributed by atoms with Crippen LogP contribution in [0, 0.1) is 5.82 Å². The number of halogens is 2. The Morgan fingerprint density at radius 3 is 3.07 bits per heavy atom. The summed E-state index contributed by atoms with van der Waals surface area (Å²) in [6.45, 7) is 0.282. The van der Waals surface area contributed by atoms with Gasteiger partial charge in [-0.05, 0) is 11.6 Å². The second-order valence-corrected chi connectivity index (χ2v) is 3.02. The Hall–Kier alpha value is -1.43. The van der Waals surface area contributed by atoms with Crippen molar-refractivity contribution in [3.05, 3.63) is 17.3 Å². The average molecular weight is 233 g/mol. The molecule has 5 nitrogen and oxygen atoms in total. The third-order valence-electron chi connectivity index (χ3n) is 1.64. The van der Waals surface area contributed by atoms with E-state index in [1.54, 1.807) is 0 Å². The van der Waals surface area contributed by atoms with Crippen molar-refractivity contribution in [3.63, 3.8) is 0 Å². The summed E-state index contributed by atoms with van der Waals surface area (Å²) in [5, 5.41) is 5.05. The lowest BCUT2D eigenvalue weighted by Gasteiger charge is -2.05. The van der Waals surface area contributed by atoms with Crippen LogP contribution in [0.4, 0.5) is 10.2 Å². The van der Waals surface area contributed by atoms with Crippen molar-refractivity contribution in [2.45, 2.75) is 6.42 Å². The van der Waals surface area contributed by atoms with Crippen LogP contribution in [0.3, 0.4) is 0 Å². The van der Waals surface area contributed by atoms with E-state index in [0.717, 1.165) is 6.20 Å². The van der Waals surface area contributed by atoms with Gasteiger partial charge in [0, 0.05) is 20.0 Å². The van der Waals surface area contributed by atoms with E-state index in [9.17, 15) is 9.18 Å². The van der Waals surface area contributed by atoms with Gasteiger partial charge in [0.05, 0.1) is 6.20 Å². The van der Waals surface area contributed by atoms with Gasteiger partial charge in [-0.25, -0.2) is 9.37 Å². The molecule has 0 atom stereocenters. The highest BCUT2D eigenvalue weighted by atomic mass is 35.5. The molecule has 0 unspecified atom stereocenters. The Kier molecular flexibility index (Phi) is 4.23. The van der Waals surface area contributed by atoms with Crippen LogP contribution in [0.5, 0.6) is 0 Å². The molecule has 0 radical (unpaired) electrons. The predicted molar refractivity (Wildman–Crippen MR) is 54.2 cm³/mol. The first-order valence-corrected chi connectivity index (χ1v) is 4.63. The Balaban J connectivity index is 2.50. The Morgan fingerprint density at radius 2 is 2.40 bits per heavy atom. The van der Waals surface area contributed by atoms with E-state index in [-0.39, 0.29) is 30.0 Å². The lowest BCUT2D eigenvalue weighted by molar-refractivity contribution is -0.120. The van der Waals surface area contributed by atoms with E-state index in [1.165, 1.54) is 7.05 Å². The summed E-state index contributed by atoms with van der Waals surface area (Å²) in [5.74, 6) is -0.738. The summed E-state index contributed by atoms with van der Waals surface area (Å²) in [4.78, 5) is 17.9.